The summed E-state index contributed by atoms with van der Waals surface area (Å²) < 4.78 is 34.6. The average Bonchev–Trinajstić information content (AvgIpc) is 3.34. The first-order valence-corrected chi connectivity index (χ1v) is 10.6. The van der Waals surface area contributed by atoms with Gasteiger partial charge in [0.05, 0.1) is 10.5 Å². The van der Waals surface area contributed by atoms with Crippen molar-refractivity contribution in [2.75, 3.05) is 26.1 Å². The Kier molecular flexibility index (Phi) is 4.46. The molecule has 0 spiro atoms. The van der Waals surface area contributed by atoms with Gasteiger partial charge in [-0.1, -0.05) is 12.1 Å². The van der Waals surface area contributed by atoms with E-state index in [1.165, 1.54) is 22.2 Å². The standard InChI is InChI=1S/C19H18N2O6S/c1-28(24,25)17-6-3-2-5-14(17)19(23)21-10-4-9-20(21)18(22)13-7-8-15-16(11-13)27-12-26-15/h2-3,5-8,11H,4,9-10,12H2,1H3. The number of sulfone groups is 1. The van der Waals surface area contributed by atoms with Gasteiger partial charge in [-0.2, -0.15) is 0 Å². The second-order valence-corrected chi connectivity index (χ2v) is 8.53. The summed E-state index contributed by atoms with van der Waals surface area (Å²) >= 11 is 0. The van der Waals surface area contributed by atoms with Crippen LogP contribution in [0.2, 0.25) is 0 Å². The molecule has 1 fully saturated rings. The van der Waals surface area contributed by atoms with Crippen molar-refractivity contribution in [1.29, 1.82) is 0 Å². The summed E-state index contributed by atoms with van der Waals surface area (Å²) in [7, 11) is -3.59. The first-order chi connectivity index (χ1) is 13.4. The maximum atomic E-state index is 13.1. The highest BCUT2D eigenvalue weighted by Crippen LogP contribution is 2.33. The van der Waals surface area contributed by atoms with Gasteiger partial charge >= 0.3 is 0 Å². The lowest BCUT2D eigenvalue weighted by Crippen LogP contribution is -2.45. The highest BCUT2D eigenvalue weighted by molar-refractivity contribution is 7.90. The van der Waals surface area contributed by atoms with Gasteiger partial charge in [-0.25, -0.2) is 18.4 Å². The Morgan fingerprint density at radius 3 is 2.36 bits per heavy atom. The van der Waals surface area contributed by atoms with Crippen LogP contribution in [0.25, 0.3) is 0 Å². The van der Waals surface area contributed by atoms with E-state index in [1.807, 2.05) is 0 Å². The molecule has 2 aromatic carbocycles. The van der Waals surface area contributed by atoms with E-state index >= 15 is 0 Å². The van der Waals surface area contributed by atoms with Crippen LogP contribution in [0, 0.1) is 0 Å². The minimum absolute atomic E-state index is 0.0513. The Morgan fingerprint density at radius 1 is 0.929 bits per heavy atom. The maximum absolute atomic E-state index is 13.1. The van der Waals surface area contributed by atoms with Gasteiger partial charge in [0.2, 0.25) is 6.79 Å². The van der Waals surface area contributed by atoms with Gasteiger partial charge in [0.25, 0.3) is 11.8 Å². The number of fused-ring (bicyclic) bond motifs is 1. The zero-order valence-corrected chi connectivity index (χ0v) is 15.9. The maximum Gasteiger partial charge on any atom is 0.273 e. The number of hydrogen-bond donors (Lipinski definition) is 0. The largest absolute Gasteiger partial charge is 0.454 e. The van der Waals surface area contributed by atoms with Crippen molar-refractivity contribution in [2.24, 2.45) is 0 Å². The predicted molar refractivity (Wildman–Crippen MR) is 98.8 cm³/mol. The Hall–Kier alpha value is -3.07. The minimum atomic E-state index is -3.59. The summed E-state index contributed by atoms with van der Waals surface area (Å²) in [5.41, 5.74) is 0.413. The number of carbonyl (C=O) groups excluding carboxylic acids is 2. The van der Waals surface area contributed by atoms with Crippen LogP contribution in [-0.2, 0) is 9.84 Å². The molecule has 0 aromatic heterocycles. The minimum Gasteiger partial charge on any atom is -0.454 e. The molecular formula is C19H18N2O6S. The molecule has 0 atom stereocenters. The second kappa shape index (κ2) is 6.83. The summed E-state index contributed by atoms with van der Waals surface area (Å²) in [6.45, 7) is 0.789. The third-order valence-corrected chi connectivity index (χ3v) is 5.79. The molecule has 2 amide bonds. The SMILES string of the molecule is CS(=O)(=O)c1ccccc1C(=O)N1CCCN1C(=O)c1ccc2c(c1)OCO2. The van der Waals surface area contributed by atoms with Crippen molar-refractivity contribution in [2.45, 2.75) is 11.3 Å². The number of amides is 2. The lowest BCUT2D eigenvalue weighted by Gasteiger charge is -2.28. The molecule has 1 saturated heterocycles. The highest BCUT2D eigenvalue weighted by Gasteiger charge is 2.34. The molecule has 0 N–H and O–H groups in total. The van der Waals surface area contributed by atoms with Crippen LogP contribution in [0.5, 0.6) is 11.5 Å². The van der Waals surface area contributed by atoms with Gasteiger partial charge in [0, 0.05) is 24.9 Å². The zero-order chi connectivity index (χ0) is 19.9. The average molecular weight is 402 g/mol. The highest BCUT2D eigenvalue weighted by atomic mass is 32.2. The summed E-state index contributed by atoms with van der Waals surface area (Å²) in [4.78, 5) is 26.0. The molecule has 0 radical (unpaired) electrons. The van der Waals surface area contributed by atoms with E-state index in [4.69, 9.17) is 9.47 Å². The molecule has 146 valence electrons. The lowest BCUT2D eigenvalue weighted by atomic mass is 10.2. The summed E-state index contributed by atoms with van der Waals surface area (Å²) in [6.07, 6.45) is 1.65. The summed E-state index contributed by atoms with van der Waals surface area (Å²) in [5.74, 6) is 0.159. The van der Waals surface area contributed by atoms with Gasteiger partial charge in [-0.3, -0.25) is 9.59 Å². The van der Waals surface area contributed by atoms with Crippen molar-refractivity contribution < 1.29 is 27.5 Å². The van der Waals surface area contributed by atoms with E-state index in [2.05, 4.69) is 0 Å². The molecule has 0 saturated carbocycles. The first-order valence-electron chi connectivity index (χ1n) is 8.68. The molecule has 9 heteroatoms. The van der Waals surface area contributed by atoms with Crippen molar-refractivity contribution >= 4 is 21.7 Å². The number of hydrazine groups is 1. The van der Waals surface area contributed by atoms with Gasteiger partial charge in [-0.05, 0) is 36.8 Å². The van der Waals surface area contributed by atoms with Crippen LogP contribution in [0.15, 0.2) is 47.4 Å². The molecule has 28 heavy (non-hydrogen) atoms. The van der Waals surface area contributed by atoms with Gasteiger partial charge in [0.15, 0.2) is 21.3 Å². The topological polar surface area (TPSA) is 93.2 Å². The van der Waals surface area contributed by atoms with Crippen LogP contribution in [-0.4, -0.2) is 56.4 Å². The van der Waals surface area contributed by atoms with Gasteiger partial charge in [-0.15, -0.1) is 0 Å². The van der Waals surface area contributed by atoms with Crippen LogP contribution < -0.4 is 9.47 Å². The van der Waals surface area contributed by atoms with Crippen LogP contribution in [0.1, 0.15) is 27.1 Å². The molecular weight excluding hydrogens is 384 g/mol. The Labute approximate surface area is 162 Å². The molecule has 2 aliphatic heterocycles. The fourth-order valence-corrected chi connectivity index (χ4v) is 4.20. The Morgan fingerprint density at radius 2 is 1.61 bits per heavy atom. The molecule has 8 nitrogen and oxygen atoms in total. The number of benzene rings is 2. The third kappa shape index (κ3) is 3.18. The van der Waals surface area contributed by atoms with Crippen LogP contribution in [0.4, 0.5) is 0 Å². The normalized spacial score (nSPS) is 15.8. The quantitative estimate of drug-likeness (QED) is 0.776. The fourth-order valence-electron chi connectivity index (χ4n) is 3.32. The number of ether oxygens (including phenoxy) is 2. The van der Waals surface area contributed by atoms with E-state index in [9.17, 15) is 18.0 Å². The zero-order valence-electron chi connectivity index (χ0n) is 15.1. The van der Waals surface area contributed by atoms with E-state index in [-0.39, 0.29) is 23.2 Å². The first kappa shape index (κ1) is 18.3. The van der Waals surface area contributed by atoms with Gasteiger partial charge < -0.3 is 9.47 Å². The van der Waals surface area contributed by atoms with Crippen LogP contribution >= 0.6 is 0 Å². The summed E-state index contributed by atoms with van der Waals surface area (Å²) in [6, 6.07) is 10.9. The monoisotopic (exact) mass is 402 g/mol. The number of hydrogen-bond acceptors (Lipinski definition) is 6. The molecule has 2 aromatic rings. The molecule has 0 bridgehead atoms. The molecule has 0 aliphatic carbocycles. The number of nitrogens with zero attached hydrogens (tertiary/aromatic N) is 2. The summed E-state index contributed by atoms with van der Waals surface area (Å²) in [5, 5.41) is 2.65. The van der Waals surface area contributed by atoms with Gasteiger partial charge in [0.1, 0.15) is 0 Å². The van der Waals surface area contributed by atoms with Crippen molar-refractivity contribution in [3.63, 3.8) is 0 Å². The molecule has 2 aliphatic rings. The van der Waals surface area contributed by atoms with Crippen molar-refractivity contribution in [3.05, 3.63) is 53.6 Å². The van der Waals surface area contributed by atoms with Crippen molar-refractivity contribution in [1.82, 2.24) is 10.0 Å². The molecule has 4 rings (SSSR count). The molecule has 0 unspecified atom stereocenters. The van der Waals surface area contributed by atoms with Crippen LogP contribution in [0.3, 0.4) is 0 Å². The third-order valence-electron chi connectivity index (χ3n) is 4.64. The van der Waals surface area contributed by atoms with E-state index in [0.29, 0.717) is 36.6 Å². The number of carbonyl (C=O) groups is 2. The smallest absolute Gasteiger partial charge is 0.273 e. The number of rotatable bonds is 3. The van der Waals surface area contributed by atoms with E-state index < -0.39 is 15.7 Å². The Balaban J connectivity index is 1.64. The second-order valence-electron chi connectivity index (χ2n) is 6.55. The Bertz CT molecular complexity index is 1070. The lowest BCUT2D eigenvalue weighted by molar-refractivity contribution is 0.0183. The van der Waals surface area contributed by atoms with Crippen molar-refractivity contribution in [3.8, 4) is 11.5 Å². The fraction of sp³-hybridized carbons (Fsp3) is 0.263. The predicted octanol–water partition coefficient (Wildman–Crippen LogP) is 1.72. The molecule has 2 heterocycles. The van der Waals surface area contributed by atoms with E-state index in [1.54, 1.807) is 30.3 Å². The van der Waals surface area contributed by atoms with E-state index in [0.717, 1.165) is 6.26 Å².